The van der Waals surface area contributed by atoms with Gasteiger partial charge in [-0.3, -0.25) is 4.79 Å². The van der Waals surface area contributed by atoms with Gasteiger partial charge in [0.25, 0.3) is 5.92 Å². The molecule has 0 atom stereocenters. The lowest BCUT2D eigenvalue weighted by Crippen LogP contribution is -2.58. The van der Waals surface area contributed by atoms with E-state index in [2.05, 4.69) is 10.1 Å². The molecule has 144 valence electrons. The Balaban J connectivity index is 1.79. The quantitative estimate of drug-likeness (QED) is 0.574. The van der Waals surface area contributed by atoms with Crippen LogP contribution in [0.2, 0.25) is 5.02 Å². The van der Waals surface area contributed by atoms with Crippen LogP contribution < -0.4 is 0 Å². The molecule has 0 unspecified atom stereocenters. The average Bonchev–Trinajstić information content (AvgIpc) is 3.00. The second-order valence-corrected chi connectivity index (χ2v) is 6.44. The fourth-order valence-electron chi connectivity index (χ4n) is 2.50. The number of hydrogen-bond acceptors (Lipinski definition) is 3. The Morgan fingerprint density at radius 1 is 1.30 bits per heavy atom. The molecular weight excluding hydrogens is 395 g/mol. The summed E-state index contributed by atoms with van der Waals surface area (Å²) in [4.78, 5) is 16.6. The van der Waals surface area contributed by atoms with Gasteiger partial charge in [0.15, 0.2) is 5.82 Å². The maximum Gasteiger partial charge on any atom is 0.417 e. The van der Waals surface area contributed by atoms with Crippen molar-refractivity contribution in [3.8, 4) is 11.4 Å². The highest BCUT2D eigenvalue weighted by atomic mass is 35.5. The van der Waals surface area contributed by atoms with Gasteiger partial charge in [0, 0.05) is 17.8 Å². The van der Waals surface area contributed by atoms with E-state index in [0.717, 1.165) is 21.7 Å². The summed E-state index contributed by atoms with van der Waals surface area (Å²) in [5, 5.41) is 3.57. The number of hydrogen-bond donors (Lipinski definition) is 0. The van der Waals surface area contributed by atoms with Crippen molar-refractivity contribution in [2.24, 2.45) is 0 Å². The highest BCUT2D eigenvalue weighted by Crippen LogP contribution is 2.38. The monoisotopic (exact) mass is 406 g/mol. The molecule has 11 heteroatoms. The summed E-state index contributed by atoms with van der Waals surface area (Å²) in [5.74, 6) is -3.50. The van der Waals surface area contributed by atoms with Crippen molar-refractivity contribution in [2.75, 3.05) is 13.1 Å². The lowest BCUT2D eigenvalue weighted by molar-refractivity contribution is -0.160. The molecule has 1 aromatic heterocycles. The minimum atomic E-state index is -4.63. The minimum absolute atomic E-state index is 0.00662. The molecule has 27 heavy (non-hydrogen) atoms. The highest BCUT2D eigenvalue weighted by Gasteiger charge is 2.45. The van der Waals surface area contributed by atoms with Crippen molar-refractivity contribution in [3.63, 3.8) is 0 Å². The number of halogens is 6. The molecule has 2 heterocycles. The minimum Gasteiger partial charge on any atom is -0.327 e. The van der Waals surface area contributed by atoms with Crippen LogP contribution in [0.5, 0.6) is 0 Å². The van der Waals surface area contributed by atoms with Gasteiger partial charge in [0.05, 0.1) is 23.7 Å². The zero-order valence-electron chi connectivity index (χ0n) is 13.8. The molecule has 0 aliphatic carbocycles. The van der Waals surface area contributed by atoms with E-state index in [-0.39, 0.29) is 17.0 Å². The summed E-state index contributed by atoms with van der Waals surface area (Å²) in [6, 6.07) is 2.25. The average molecular weight is 407 g/mol. The summed E-state index contributed by atoms with van der Waals surface area (Å²) in [6.45, 7) is 0.131. The number of alkyl halides is 5. The van der Waals surface area contributed by atoms with Gasteiger partial charge in [0.2, 0.25) is 5.91 Å². The van der Waals surface area contributed by atoms with Crippen LogP contribution in [0.4, 0.5) is 22.0 Å². The Hall–Kier alpha value is -2.49. The first-order chi connectivity index (χ1) is 12.5. The van der Waals surface area contributed by atoms with Gasteiger partial charge >= 0.3 is 6.18 Å². The van der Waals surface area contributed by atoms with Gasteiger partial charge in [-0.05, 0) is 24.6 Å². The van der Waals surface area contributed by atoms with E-state index in [1.807, 2.05) is 0 Å². The summed E-state index contributed by atoms with van der Waals surface area (Å²) >= 11 is 5.72. The third-order valence-corrected chi connectivity index (χ3v) is 4.35. The van der Waals surface area contributed by atoms with E-state index < -0.39 is 41.7 Å². The van der Waals surface area contributed by atoms with E-state index in [4.69, 9.17) is 11.6 Å². The van der Waals surface area contributed by atoms with Crippen LogP contribution in [0.3, 0.4) is 0 Å². The summed E-state index contributed by atoms with van der Waals surface area (Å²) < 4.78 is 65.8. The van der Waals surface area contributed by atoms with E-state index in [1.165, 1.54) is 25.5 Å². The largest absolute Gasteiger partial charge is 0.417 e. The van der Waals surface area contributed by atoms with Crippen molar-refractivity contribution in [3.05, 3.63) is 40.7 Å². The lowest BCUT2D eigenvalue weighted by Gasteiger charge is -2.37. The summed E-state index contributed by atoms with van der Waals surface area (Å²) in [5.41, 5.74) is -0.688. The molecular formula is C16H12ClF5N4O. The van der Waals surface area contributed by atoms with Gasteiger partial charge in [-0.1, -0.05) is 11.6 Å². The number of aryl methyl sites for hydroxylation is 1. The molecule has 1 aromatic carbocycles. The Kier molecular flexibility index (Phi) is 4.71. The lowest BCUT2D eigenvalue weighted by atomic mass is 10.1. The van der Waals surface area contributed by atoms with Gasteiger partial charge in [-0.15, -0.1) is 5.10 Å². The molecule has 1 aliphatic heterocycles. The molecule has 2 aromatic rings. The van der Waals surface area contributed by atoms with Crippen molar-refractivity contribution < 1.29 is 26.7 Å². The van der Waals surface area contributed by atoms with Gasteiger partial charge < -0.3 is 4.90 Å². The van der Waals surface area contributed by atoms with Crippen LogP contribution in [-0.4, -0.2) is 44.6 Å². The van der Waals surface area contributed by atoms with Crippen molar-refractivity contribution in [1.29, 1.82) is 0 Å². The molecule has 1 fully saturated rings. The second kappa shape index (κ2) is 6.59. The SMILES string of the molecule is Cc1cc(-c2ncn(/C=C\C(=O)N3CC(F)(F)C3)n2)cc(C(F)(F)F)c1Cl. The molecule has 0 radical (unpaired) electrons. The molecule has 5 nitrogen and oxygen atoms in total. The standard InChI is InChI=1S/C16H12ClF5N4O/c1-9-4-10(5-11(13(9)17)16(20,21)22)14-23-8-26(24-14)3-2-12(27)25-6-15(18,19)7-25/h2-5,8H,6-7H2,1H3/b3-2-. The second-order valence-electron chi connectivity index (χ2n) is 6.07. The number of carbonyl (C=O) groups excluding carboxylic acids is 1. The van der Waals surface area contributed by atoms with Crippen LogP contribution in [0, 0.1) is 6.92 Å². The zero-order chi connectivity index (χ0) is 20.0. The van der Waals surface area contributed by atoms with Crippen molar-refractivity contribution in [2.45, 2.75) is 19.0 Å². The summed E-state index contributed by atoms with van der Waals surface area (Å²) in [7, 11) is 0. The number of nitrogens with zero attached hydrogens (tertiary/aromatic N) is 4. The van der Waals surface area contributed by atoms with E-state index in [0.29, 0.717) is 0 Å². The maximum atomic E-state index is 13.1. The predicted molar refractivity (Wildman–Crippen MR) is 87.1 cm³/mol. The fraction of sp³-hybridized carbons (Fsp3) is 0.312. The Morgan fingerprint density at radius 3 is 2.56 bits per heavy atom. The van der Waals surface area contributed by atoms with E-state index >= 15 is 0 Å². The molecule has 0 spiro atoms. The first kappa shape index (κ1) is 19.3. The number of likely N-dealkylation sites (tertiary alicyclic amines) is 1. The number of rotatable bonds is 3. The zero-order valence-corrected chi connectivity index (χ0v) is 14.5. The molecule has 1 amide bonds. The topological polar surface area (TPSA) is 51.0 Å². The third-order valence-electron chi connectivity index (χ3n) is 3.85. The molecule has 0 N–H and O–H groups in total. The number of aromatic nitrogens is 3. The van der Waals surface area contributed by atoms with Crippen molar-refractivity contribution >= 4 is 23.7 Å². The molecule has 0 bridgehead atoms. The number of carbonyl (C=O) groups is 1. The molecule has 1 saturated heterocycles. The van der Waals surface area contributed by atoms with Crippen LogP contribution in [0.15, 0.2) is 24.5 Å². The molecule has 3 rings (SSSR count). The van der Waals surface area contributed by atoms with E-state index in [9.17, 15) is 26.7 Å². The van der Waals surface area contributed by atoms with Gasteiger partial charge in [-0.25, -0.2) is 18.4 Å². The Bertz CT molecular complexity index is 914. The van der Waals surface area contributed by atoms with Gasteiger partial charge in [0.1, 0.15) is 6.33 Å². The molecule has 0 saturated carbocycles. The Labute approximate surface area is 155 Å². The fourth-order valence-corrected chi connectivity index (χ4v) is 2.71. The first-order valence-corrected chi connectivity index (χ1v) is 7.98. The maximum absolute atomic E-state index is 13.1. The predicted octanol–water partition coefficient (Wildman–Crippen LogP) is 3.87. The van der Waals surface area contributed by atoms with Crippen LogP contribution in [0.1, 0.15) is 11.1 Å². The summed E-state index contributed by atoms with van der Waals surface area (Å²) in [6.07, 6.45) is -1.24. The van der Waals surface area contributed by atoms with Crippen LogP contribution in [0.25, 0.3) is 17.6 Å². The number of benzene rings is 1. The van der Waals surface area contributed by atoms with Crippen LogP contribution >= 0.6 is 11.6 Å². The highest BCUT2D eigenvalue weighted by molar-refractivity contribution is 6.32. The first-order valence-electron chi connectivity index (χ1n) is 7.60. The normalized spacial score (nSPS) is 16.6. The van der Waals surface area contributed by atoms with Gasteiger partial charge in [-0.2, -0.15) is 13.2 Å². The smallest absolute Gasteiger partial charge is 0.327 e. The number of amides is 1. The Morgan fingerprint density at radius 2 is 1.96 bits per heavy atom. The molecule has 1 aliphatic rings. The van der Waals surface area contributed by atoms with Crippen molar-refractivity contribution in [1.82, 2.24) is 19.7 Å². The van der Waals surface area contributed by atoms with E-state index in [1.54, 1.807) is 0 Å². The third kappa shape index (κ3) is 4.10. The van der Waals surface area contributed by atoms with Crippen LogP contribution in [-0.2, 0) is 11.0 Å².